The molecule has 0 aliphatic rings. The van der Waals surface area contributed by atoms with Gasteiger partial charge in [-0.25, -0.2) is 9.07 Å². The molecule has 0 bridgehead atoms. The highest BCUT2D eigenvalue weighted by Gasteiger charge is 2.04. The first kappa shape index (κ1) is 9.39. The molecular weight excluding hydrogens is 197 g/mol. The summed E-state index contributed by atoms with van der Waals surface area (Å²) >= 11 is 0. The van der Waals surface area contributed by atoms with Crippen LogP contribution in [0.3, 0.4) is 0 Å². The zero-order chi connectivity index (χ0) is 10.7. The molecule has 76 valence electrons. The highest BCUT2D eigenvalue weighted by molar-refractivity contribution is 5.71. The zero-order valence-electron chi connectivity index (χ0n) is 7.72. The number of benzene rings is 1. The summed E-state index contributed by atoms with van der Waals surface area (Å²) < 4.78 is 14.9. The molecule has 0 atom stereocenters. The smallest absolute Gasteiger partial charge is 0.211 e. The summed E-state index contributed by atoms with van der Waals surface area (Å²) in [6.07, 6.45) is 3.71. The van der Waals surface area contributed by atoms with Crippen LogP contribution >= 0.6 is 0 Å². The second kappa shape index (κ2) is 3.91. The Morgan fingerprint density at radius 2 is 2.33 bits per heavy atom. The van der Waals surface area contributed by atoms with Crippen LogP contribution in [-0.4, -0.2) is 16.2 Å². The first-order chi connectivity index (χ1) is 7.31. The largest absolute Gasteiger partial charge is 0.329 e. The van der Waals surface area contributed by atoms with Gasteiger partial charge in [-0.15, -0.1) is 0 Å². The van der Waals surface area contributed by atoms with Crippen LogP contribution in [0.25, 0.3) is 5.69 Å². The van der Waals surface area contributed by atoms with Gasteiger partial charge in [-0.3, -0.25) is 4.79 Å². The van der Waals surface area contributed by atoms with Gasteiger partial charge in [0.1, 0.15) is 5.69 Å². The molecule has 1 aromatic carbocycles. The fraction of sp³-hybridized carbons (Fsp3) is 0. The molecule has 0 aliphatic carbocycles. The van der Waals surface area contributed by atoms with Gasteiger partial charge in [-0.05, 0) is 24.3 Å². The molecule has 0 spiro atoms. The predicted octanol–water partition coefficient (Wildman–Crippen LogP) is 1.58. The average molecular weight is 205 g/mol. The number of hydrogen-bond donors (Lipinski definition) is 1. The highest BCUT2D eigenvalue weighted by Crippen LogP contribution is 2.16. The number of aromatic nitrogens is 2. The Kier molecular flexibility index (Phi) is 2.45. The minimum absolute atomic E-state index is 0.344. The van der Waals surface area contributed by atoms with Gasteiger partial charge in [0.15, 0.2) is 5.82 Å². The van der Waals surface area contributed by atoms with E-state index in [2.05, 4.69) is 10.4 Å². The number of amides is 1. The number of halogens is 1. The molecule has 0 radical (unpaired) electrons. The van der Waals surface area contributed by atoms with E-state index in [9.17, 15) is 9.18 Å². The van der Waals surface area contributed by atoms with Crippen LogP contribution in [-0.2, 0) is 4.79 Å². The molecule has 0 fully saturated rings. The average Bonchev–Trinajstić information content (AvgIpc) is 2.71. The number of hydrogen-bond acceptors (Lipinski definition) is 2. The van der Waals surface area contributed by atoms with Crippen molar-refractivity contribution < 1.29 is 9.18 Å². The molecular formula is C10H8FN3O. The Bertz CT molecular complexity index is 468. The lowest BCUT2D eigenvalue weighted by molar-refractivity contribution is -0.105. The minimum atomic E-state index is -0.439. The Morgan fingerprint density at radius 1 is 1.47 bits per heavy atom. The van der Waals surface area contributed by atoms with Crippen LogP contribution < -0.4 is 5.32 Å². The lowest BCUT2D eigenvalue weighted by Crippen LogP contribution is -2.00. The molecule has 0 aliphatic heterocycles. The molecule has 4 nitrogen and oxygen atoms in total. The molecule has 1 heterocycles. The number of nitrogens with zero attached hydrogens (tertiary/aromatic N) is 2. The van der Waals surface area contributed by atoms with Crippen molar-refractivity contribution in [2.24, 2.45) is 0 Å². The molecule has 1 amide bonds. The van der Waals surface area contributed by atoms with Gasteiger partial charge in [0, 0.05) is 18.1 Å². The lowest BCUT2D eigenvalue weighted by atomic mass is 10.2. The van der Waals surface area contributed by atoms with Crippen LogP contribution in [0.15, 0.2) is 36.7 Å². The maximum atomic E-state index is 13.5. The van der Waals surface area contributed by atoms with Gasteiger partial charge in [0.05, 0.1) is 0 Å². The third-order valence-corrected chi connectivity index (χ3v) is 1.92. The number of nitrogens with one attached hydrogen (secondary N) is 1. The summed E-state index contributed by atoms with van der Waals surface area (Å²) in [7, 11) is 0. The predicted molar refractivity (Wildman–Crippen MR) is 53.2 cm³/mol. The second-order valence-electron chi connectivity index (χ2n) is 2.88. The van der Waals surface area contributed by atoms with Gasteiger partial charge in [0.25, 0.3) is 0 Å². The fourth-order valence-electron chi connectivity index (χ4n) is 1.26. The van der Waals surface area contributed by atoms with Crippen LogP contribution in [0, 0.1) is 5.82 Å². The van der Waals surface area contributed by atoms with Crippen LogP contribution in [0.2, 0.25) is 0 Å². The highest BCUT2D eigenvalue weighted by atomic mass is 19.1. The van der Waals surface area contributed by atoms with Crippen molar-refractivity contribution in [3.05, 3.63) is 42.5 Å². The Labute approximate surface area is 85.3 Å². The van der Waals surface area contributed by atoms with E-state index in [4.69, 9.17) is 0 Å². The summed E-state index contributed by atoms with van der Waals surface area (Å²) in [6.45, 7) is 0. The summed E-state index contributed by atoms with van der Waals surface area (Å²) in [4.78, 5) is 10.1. The van der Waals surface area contributed by atoms with E-state index >= 15 is 0 Å². The van der Waals surface area contributed by atoms with Crippen molar-refractivity contribution in [3.8, 4) is 5.69 Å². The monoisotopic (exact) mass is 205 g/mol. The first-order valence-corrected chi connectivity index (χ1v) is 4.31. The van der Waals surface area contributed by atoms with Crippen LogP contribution in [0.5, 0.6) is 0 Å². The third-order valence-electron chi connectivity index (χ3n) is 1.92. The van der Waals surface area contributed by atoms with Crippen molar-refractivity contribution in [3.63, 3.8) is 0 Å². The molecule has 1 N–H and O–H groups in total. The zero-order valence-corrected chi connectivity index (χ0v) is 7.72. The number of rotatable bonds is 3. The van der Waals surface area contributed by atoms with E-state index in [0.29, 0.717) is 17.8 Å². The normalized spacial score (nSPS) is 9.93. The van der Waals surface area contributed by atoms with Crippen molar-refractivity contribution in [1.29, 1.82) is 0 Å². The molecule has 0 unspecified atom stereocenters. The van der Waals surface area contributed by atoms with Gasteiger partial charge >= 0.3 is 0 Å². The van der Waals surface area contributed by atoms with E-state index < -0.39 is 5.82 Å². The second-order valence-corrected chi connectivity index (χ2v) is 2.88. The summed E-state index contributed by atoms with van der Waals surface area (Å²) in [5.74, 6) is -0.439. The topological polar surface area (TPSA) is 46.9 Å². The molecule has 0 saturated carbocycles. The fourth-order valence-corrected chi connectivity index (χ4v) is 1.26. The quantitative estimate of drug-likeness (QED) is 0.773. The Hall–Kier alpha value is -2.17. The summed E-state index contributed by atoms with van der Waals surface area (Å²) in [6, 6.07) is 6.10. The Balaban J connectivity index is 2.39. The van der Waals surface area contributed by atoms with Crippen molar-refractivity contribution in [2.45, 2.75) is 0 Å². The van der Waals surface area contributed by atoms with E-state index in [1.165, 1.54) is 10.7 Å². The summed E-state index contributed by atoms with van der Waals surface area (Å²) in [5.41, 5.74) is 0.759. The van der Waals surface area contributed by atoms with E-state index in [0.717, 1.165) is 0 Å². The maximum absolute atomic E-state index is 13.5. The summed E-state index contributed by atoms with van der Waals surface area (Å²) in [5, 5.41) is 6.28. The van der Waals surface area contributed by atoms with Gasteiger partial charge < -0.3 is 5.32 Å². The SMILES string of the molecule is O=CNc1ccc(-n2cccn2)c(F)c1. The molecule has 2 rings (SSSR count). The van der Waals surface area contributed by atoms with Gasteiger partial charge in [-0.1, -0.05) is 0 Å². The van der Waals surface area contributed by atoms with E-state index in [1.807, 2.05) is 0 Å². The Morgan fingerprint density at radius 3 is 2.93 bits per heavy atom. The van der Waals surface area contributed by atoms with Gasteiger partial charge in [-0.2, -0.15) is 5.10 Å². The van der Waals surface area contributed by atoms with Gasteiger partial charge in [0.2, 0.25) is 6.41 Å². The maximum Gasteiger partial charge on any atom is 0.211 e. The number of carbonyl (C=O) groups is 1. The minimum Gasteiger partial charge on any atom is -0.329 e. The number of carbonyl (C=O) groups excluding carboxylic acids is 1. The standard InChI is InChI=1S/C10H8FN3O/c11-9-6-8(12-7-15)2-3-10(9)14-5-1-4-13-14/h1-7H,(H,12,15). The molecule has 1 aromatic heterocycles. The first-order valence-electron chi connectivity index (χ1n) is 4.31. The molecule has 5 heteroatoms. The van der Waals surface area contributed by atoms with E-state index in [-0.39, 0.29) is 0 Å². The van der Waals surface area contributed by atoms with Crippen molar-refractivity contribution in [2.75, 3.05) is 5.32 Å². The van der Waals surface area contributed by atoms with E-state index in [1.54, 1.807) is 30.6 Å². The molecule has 15 heavy (non-hydrogen) atoms. The number of anilines is 1. The molecule has 0 saturated heterocycles. The van der Waals surface area contributed by atoms with Crippen LogP contribution in [0.1, 0.15) is 0 Å². The van der Waals surface area contributed by atoms with Crippen molar-refractivity contribution in [1.82, 2.24) is 9.78 Å². The third kappa shape index (κ3) is 1.85. The van der Waals surface area contributed by atoms with Crippen molar-refractivity contribution >= 4 is 12.1 Å². The lowest BCUT2D eigenvalue weighted by Gasteiger charge is -2.04. The van der Waals surface area contributed by atoms with Crippen LogP contribution in [0.4, 0.5) is 10.1 Å². The molecule has 2 aromatic rings.